The Balaban J connectivity index is 2.10. The molecule has 1 aromatic carbocycles. The van der Waals surface area contributed by atoms with Gasteiger partial charge in [0.1, 0.15) is 12.7 Å². The third kappa shape index (κ3) is 5.25. The Morgan fingerprint density at radius 1 is 0.812 bits per heavy atom. The third-order valence-corrected chi connectivity index (χ3v) is 4.87. The molecule has 0 aliphatic carbocycles. The molecule has 0 spiro atoms. The van der Waals surface area contributed by atoms with Gasteiger partial charge < -0.3 is 28.3 Å². The van der Waals surface area contributed by atoms with Crippen LogP contribution in [0.2, 0.25) is 0 Å². The van der Waals surface area contributed by atoms with Crippen LogP contribution in [0.1, 0.15) is 33.9 Å². The van der Waals surface area contributed by atoms with E-state index in [0.717, 1.165) is 10.9 Å². The van der Waals surface area contributed by atoms with E-state index in [2.05, 4.69) is 0 Å². The van der Waals surface area contributed by atoms with Gasteiger partial charge >= 0.3 is 23.9 Å². The van der Waals surface area contributed by atoms with Gasteiger partial charge in [0.2, 0.25) is 0 Å². The summed E-state index contributed by atoms with van der Waals surface area (Å²) >= 11 is 0. The minimum absolute atomic E-state index is 0.270. The van der Waals surface area contributed by atoms with Crippen LogP contribution in [0.4, 0.5) is 0 Å². The Bertz CT molecular complexity index is 1010. The molecule has 0 saturated carbocycles. The van der Waals surface area contributed by atoms with Crippen LogP contribution in [0.15, 0.2) is 36.5 Å². The largest absolute Gasteiger partial charge is 0.463 e. The highest BCUT2D eigenvalue weighted by atomic mass is 16.7. The number of rotatable bonds is 6. The lowest BCUT2D eigenvalue weighted by Crippen LogP contribution is -2.60. The number of para-hydroxylation sites is 1. The molecule has 2 aromatic rings. The Hall–Kier alpha value is -3.40. The van der Waals surface area contributed by atoms with Crippen LogP contribution in [-0.4, -0.2) is 59.5 Å². The summed E-state index contributed by atoms with van der Waals surface area (Å²) in [5, 5.41) is 0.903. The SMILES string of the molecule is CC(=O)OC[C@H]1O[C@@H](n2ccc3ccccc32)[C@H](OC(C)=O)[C@@H](OC(C)=O)[C@@H]1OC(C)=O. The molecule has 0 unspecified atom stereocenters. The first-order chi connectivity index (χ1) is 15.2. The quantitative estimate of drug-likeness (QED) is 0.483. The topological polar surface area (TPSA) is 119 Å². The van der Waals surface area contributed by atoms with E-state index in [9.17, 15) is 19.2 Å². The van der Waals surface area contributed by atoms with Gasteiger partial charge in [-0.15, -0.1) is 0 Å². The van der Waals surface area contributed by atoms with Crippen molar-refractivity contribution >= 4 is 34.8 Å². The maximum atomic E-state index is 11.9. The number of hydrogen-bond acceptors (Lipinski definition) is 9. The predicted octanol–water partition coefficient (Wildman–Crippen LogP) is 1.90. The average Bonchev–Trinajstić information content (AvgIpc) is 3.12. The molecule has 0 radical (unpaired) electrons. The summed E-state index contributed by atoms with van der Waals surface area (Å²) in [4.78, 5) is 47.1. The van der Waals surface area contributed by atoms with Crippen molar-refractivity contribution in [2.75, 3.05) is 6.61 Å². The first kappa shape index (κ1) is 23.3. The van der Waals surface area contributed by atoms with Crippen LogP contribution < -0.4 is 0 Å². The maximum Gasteiger partial charge on any atom is 0.303 e. The normalized spacial score (nSPS) is 25.1. The van der Waals surface area contributed by atoms with Gasteiger partial charge in [-0.05, 0) is 17.5 Å². The van der Waals surface area contributed by atoms with Crippen LogP contribution in [0, 0.1) is 0 Å². The number of fused-ring (bicyclic) bond motifs is 1. The molecule has 0 bridgehead atoms. The Labute approximate surface area is 184 Å². The van der Waals surface area contributed by atoms with Crippen molar-refractivity contribution in [2.45, 2.75) is 58.3 Å². The molecule has 1 aliphatic rings. The van der Waals surface area contributed by atoms with Crippen LogP contribution in [0.25, 0.3) is 10.9 Å². The summed E-state index contributed by atoms with van der Waals surface area (Å²) in [6.45, 7) is 4.53. The van der Waals surface area contributed by atoms with Crippen molar-refractivity contribution in [1.82, 2.24) is 4.57 Å². The van der Waals surface area contributed by atoms with Crippen molar-refractivity contribution in [3.05, 3.63) is 36.5 Å². The van der Waals surface area contributed by atoms with Gasteiger partial charge in [-0.25, -0.2) is 0 Å². The van der Waals surface area contributed by atoms with Gasteiger partial charge in [-0.2, -0.15) is 0 Å². The number of esters is 4. The van der Waals surface area contributed by atoms with Crippen molar-refractivity contribution in [3.63, 3.8) is 0 Å². The lowest BCUT2D eigenvalue weighted by Gasteiger charge is -2.44. The molecule has 10 heteroatoms. The maximum absolute atomic E-state index is 11.9. The highest BCUT2D eigenvalue weighted by molar-refractivity contribution is 5.80. The molecular formula is C22H25NO9. The number of carbonyl (C=O) groups excluding carboxylic acids is 4. The molecule has 32 heavy (non-hydrogen) atoms. The molecule has 5 atom stereocenters. The molecule has 10 nitrogen and oxygen atoms in total. The number of nitrogens with zero attached hydrogens (tertiary/aromatic N) is 1. The zero-order valence-electron chi connectivity index (χ0n) is 18.2. The van der Waals surface area contributed by atoms with E-state index < -0.39 is 54.5 Å². The lowest BCUT2D eigenvalue weighted by atomic mass is 9.97. The van der Waals surface area contributed by atoms with Crippen molar-refractivity contribution in [2.24, 2.45) is 0 Å². The Kier molecular flexibility index (Phi) is 7.14. The highest BCUT2D eigenvalue weighted by Gasteiger charge is 2.52. The third-order valence-electron chi connectivity index (χ3n) is 4.87. The summed E-state index contributed by atoms with van der Waals surface area (Å²) in [5.74, 6) is -2.55. The van der Waals surface area contributed by atoms with E-state index in [1.54, 1.807) is 10.8 Å². The fraction of sp³-hybridized carbons (Fsp3) is 0.455. The predicted molar refractivity (Wildman–Crippen MR) is 109 cm³/mol. The Morgan fingerprint density at radius 2 is 1.41 bits per heavy atom. The minimum atomic E-state index is -1.21. The summed E-state index contributed by atoms with van der Waals surface area (Å²) in [6.07, 6.45) is -3.75. The van der Waals surface area contributed by atoms with E-state index >= 15 is 0 Å². The van der Waals surface area contributed by atoms with Crippen LogP contribution in [-0.2, 0) is 42.9 Å². The molecule has 3 rings (SSSR count). The van der Waals surface area contributed by atoms with E-state index in [1.807, 2.05) is 30.3 Å². The lowest BCUT2D eigenvalue weighted by molar-refractivity contribution is -0.267. The monoisotopic (exact) mass is 447 g/mol. The fourth-order valence-corrected chi connectivity index (χ4v) is 3.76. The molecule has 0 N–H and O–H groups in total. The zero-order valence-corrected chi connectivity index (χ0v) is 18.2. The first-order valence-electron chi connectivity index (χ1n) is 10.0. The second-order valence-electron chi connectivity index (χ2n) is 7.37. The standard InChI is InChI=1S/C22H25NO9/c1-12(24)28-11-18-19(29-13(2)25)20(30-14(3)26)21(31-15(4)27)22(32-18)23-10-9-16-7-5-6-8-17(16)23/h5-10,18-22H,11H2,1-4H3/t18-,19-,20+,21-,22-/m1/s1. The van der Waals surface area contributed by atoms with Crippen molar-refractivity contribution < 1.29 is 42.9 Å². The molecular weight excluding hydrogens is 422 g/mol. The van der Waals surface area contributed by atoms with Gasteiger partial charge in [0.15, 0.2) is 24.5 Å². The van der Waals surface area contributed by atoms with E-state index in [1.165, 1.54) is 27.7 Å². The van der Waals surface area contributed by atoms with Gasteiger partial charge in [0.25, 0.3) is 0 Å². The first-order valence-corrected chi connectivity index (χ1v) is 10.0. The number of aromatic nitrogens is 1. The highest BCUT2D eigenvalue weighted by Crippen LogP contribution is 2.36. The summed E-state index contributed by atoms with van der Waals surface area (Å²) in [7, 11) is 0. The fourth-order valence-electron chi connectivity index (χ4n) is 3.76. The van der Waals surface area contributed by atoms with Crippen LogP contribution in [0.3, 0.4) is 0 Å². The van der Waals surface area contributed by atoms with E-state index in [-0.39, 0.29) is 6.61 Å². The molecule has 172 valence electrons. The molecule has 1 aromatic heterocycles. The van der Waals surface area contributed by atoms with Gasteiger partial charge in [-0.3, -0.25) is 19.2 Å². The molecule has 0 amide bonds. The van der Waals surface area contributed by atoms with E-state index in [4.69, 9.17) is 23.7 Å². The molecule has 1 fully saturated rings. The smallest absolute Gasteiger partial charge is 0.303 e. The van der Waals surface area contributed by atoms with Crippen molar-refractivity contribution in [3.8, 4) is 0 Å². The van der Waals surface area contributed by atoms with Gasteiger partial charge in [0.05, 0.1) is 5.52 Å². The Morgan fingerprint density at radius 3 is 2.03 bits per heavy atom. The minimum Gasteiger partial charge on any atom is -0.463 e. The van der Waals surface area contributed by atoms with Crippen LogP contribution in [0.5, 0.6) is 0 Å². The van der Waals surface area contributed by atoms with Crippen molar-refractivity contribution in [1.29, 1.82) is 0 Å². The van der Waals surface area contributed by atoms with Gasteiger partial charge in [0, 0.05) is 33.9 Å². The summed E-state index contributed by atoms with van der Waals surface area (Å²) in [6, 6.07) is 9.31. The van der Waals surface area contributed by atoms with E-state index in [0.29, 0.717) is 0 Å². The summed E-state index contributed by atoms with van der Waals surface area (Å²) in [5.41, 5.74) is 0.772. The van der Waals surface area contributed by atoms with Gasteiger partial charge in [-0.1, -0.05) is 18.2 Å². The molecule has 2 heterocycles. The molecule has 1 saturated heterocycles. The second kappa shape index (κ2) is 9.82. The number of ether oxygens (including phenoxy) is 5. The number of hydrogen-bond donors (Lipinski definition) is 0. The zero-order chi connectivity index (χ0) is 23.4. The average molecular weight is 447 g/mol. The molecule has 1 aliphatic heterocycles. The van der Waals surface area contributed by atoms with Crippen LogP contribution >= 0.6 is 0 Å². The number of benzene rings is 1. The second-order valence-corrected chi connectivity index (χ2v) is 7.37. The number of carbonyl (C=O) groups is 4. The summed E-state index contributed by atoms with van der Waals surface area (Å²) < 4.78 is 29.4.